The Morgan fingerprint density at radius 1 is 1.07 bits per heavy atom. The van der Waals surface area contributed by atoms with Crippen LogP contribution in [0.3, 0.4) is 0 Å². The lowest BCUT2D eigenvalue weighted by Crippen LogP contribution is -2.50. The van der Waals surface area contributed by atoms with Crippen molar-refractivity contribution in [2.75, 3.05) is 26.7 Å². The zero-order chi connectivity index (χ0) is 30.1. The topological polar surface area (TPSA) is 124 Å². The second-order valence-electron chi connectivity index (χ2n) is 10.2. The number of oxazole rings is 1. The summed E-state index contributed by atoms with van der Waals surface area (Å²) < 4.78 is 51.2. The summed E-state index contributed by atoms with van der Waals surface area (Å²) in [6.07, 6.45) is -3.41. The third-order valence-corrected chi connectivity index (χ3v) is 7.72. The largest absolute Gasteiger partial charge is 0.494 e. The van der Waals surface area contributed by atoms with Crippen molar-refractivity contribution in [3.8, 4) is 17.2 Å². The van der Waals surface area contributed by atoms with Crippen LogP contribution in [0.1, 0.15) is 47.3 Å². The van der Waals surface area contributed by atoms with E-state index in [-0.39, 0.29) is 52.4 Å². The lowest BCUT2D eigenvalue weighted by atomic mass is 9.72. The number of carbonyl (C=O) groups is 2. The highest BCUT2D eigenvalue weighted by molar-refractivity contribution is 5.98. The maximum atomic E-state index is 13.7. The van der Waals surface area contributed by atoms with Gasteiger partial charge < -0.3 is 25.1 Å². The Labute approximate surface area is 239 Å². The van der Waals surface area contributed by atoms with Gasteiger partial charge >= 0.3 is 6.18 Å². The normalized spacial score (nSPS) is 15.0. The zero-order valence-corrected chi connectivity index (χ0v) is 23.1. The second kappa shape index (κ2) is 11.4. The summed E-state index contributed by atoms with van der Waals surface area (Å²) >= 11 is 0. The molecule has 3 N–H and O–H groups in total. The van der Waals surface area contributed by atoms with Gasteiger partial charge in [-0.2, -0.15) is 13.2 Å². The molecule has 1 fully saturated rings. The lowest BCUT2D eigenvalue weighted by molar-refractivity contribution is -0.141. The maximum Gasteiger partial charge on any atom is 0.433 e. The van der Waals surface area contributed by atoms with Crippen LogP contribution in [0.5, 0.6) is 5.75 Å². The summed E-state index contributed by atoms with van der Waals surface area (Å²) in [5.74, 6) is -0.133. The molecule has 1 aliphatic rings. The van der Waals surface area contributed by atoms with Gasteiger partial charge in [0.2, 0.25) is 11.8 Å². The van der Waals surface area contributed by atoms with E-state index in [1.54, 1.807) is 11.0 Å². The molecule has 5 rings (SSSR count). The van der Waals surface area contributed by atoms with E-state index >= 15 is 0 Å². The van der Waals surface area contributed by atoms with Crippen molar-refractivity contribution < 1.29 is 31.9 Å². The second-order valence-corrected chi connectivity index (χ2v) is 10.2. The van der Waals surface area contributed by atoms with E-state index in [4.69, 9.17) is 14.9 Å². The minimum atomic E-state index is -4.64. The molecule has 2 aromatic carbocycles. The number of rotatable bonds is 7. The summed E-state index contributed by atoms with van der Waals surface area (Å²) in [4.78, 5) is 35.3. The number of hydrogen-bond donors (Lipinski definition) is 2. The monoisotopic (exact) mass is 581 g/mol. The Hall–Kier alpha value is -4.45. The third-order valence-electron chi connectivity index (χ3n) is 7.72. The fraction of sp³-hybridized carbons (Fsp3) is 0.333. The number of ether oxygens (including phenoxy) is 1. The molecule has 12 heteroatoms. The average molecular weight is 582 g/mol. The smallest absolute Gasteiger partial charge is 0.433 e. The number of aromatic nitrogens is 2. The fourth-order valence-electron chi connectivity index (χ4n) is 5.41. The molecule has 0 atom stereocenters. The first-order valence-electron chi connectivity index (χ1n) is 13.4. The highest BCUT2D eigenvalue weighted by atomic mass is 19.4. The maximum absolute atomic E-state index is 13.7. The number of likely N-dealkylation sites (tertiary alicyclic amines) is 1. The number of nitrogens with two attached hydrogens (primary N) is 1. The first-order valence-corrected chi connectivity index (χ1v) is 13.4. The molecule has 4 aromatic rings. The van der Waals surface area contributed by atoms with Crippen LogP contribution in [0.2, 0.25) is 0 Å². The first-order chi connectivity index (χ1) is 20.1. The molecule has 3 heterocycles. The number of carbonyl (C=O) groups excluding carboxylic acids is 2. The Morgan fingerprint density at radius 2 is 1.79 bits per heavy atom. The summed E-state index contributed by atoms with van der Waals surface area (Å²) in [5, 5.41) is 3.26. The van der Waals surface area contributed by atoms with Crippen LogP contribution >= 0.6 is 0 Å². The number of halogens is 3. The van der Waals surface area contributed by atoms with Gasteiger partial charge in [-0.15, -0.1) is 0 Å². The van der Waals surface area contributed by atoms with Crippen LogP contribution in [-0.4, -0.2) is 53.4 Å². The van der Waals surface area contributed by atoms with Crippen molar-refractivity contribution in [1.82, 2.24) is 20.2 Å². The first kappa shape index (κ1) is 29.1. The predicted octanol–water partition coefficient (Wildman–Crippen LogP) is 4.69. The van der Waals surface area contributed by atoms with E-state index in [0.29, 0.717) is 43.4 Å². The molecular weight excluding hydrogens is 551 g/mol. The van der Waals surface area contributed by atoms with Gasteiger partial charge in [0, 0.05) is 42.9 Å². The summed E-state index contributed by atoms with van der Waals surface area (Å²) in [5.41, 5.74) is 5.99. The average Bonchev–Trinajstić information content (AvgIpc) is 3.43. The molecule has 220 valence electrons. The van der Waals surface area contributed by atoms with Gasteiger partial charge in [0.1, 0.15) is 17.0 Å². The summed E-state index contributed by atoms with van der Waals surface area (Å²) in [7, 11) is 1.34. The van der Waals surface area contributed by atoms with Crippen molar-refractivity contribution in [3.63, 3.8) is 0 Å². The van der Waals surface area contributed by atoms with Crippen molar-refractivity contribution in [3.05, 3.63) is 77.3 Å². The number of nitrogens with zero attached hydrogens (tertiary/aromatic N) is 3. The van der Waals surface area contributed by atoms with E-state index < -0.39 is 11.9 Å². The van der Waals surface area contributed by atoms with Crippen molar-refractivity contribution >= 4 is 22.7 Å². The number of fused-ring (bicyclic) bond motifs is 1. The van der Waals surface area contributed by atoms with E-state index in [1.807, 2.05) is 30.3 Å². The summed E-state index contributed by atoms with van der Waals surface area (Å²) in [6, 6.07) is 15.1. The Morgan fingerprint density at radius 3 is 2.40 bits per heavy atom. The predicted molar refractivity (Wildman–Crippen MR) is 149 cm³/mol. The van der Waals surface area contributed by atoms with Gasteiger partial charge in [0.15, 0.2) is 11.5 Å². The van der Waals surface area contributed by atoms with Crippen LogP contribution in [0.25, 0.3) is 22.4 Å². The van der Waals surface area contributed by atoms with Crippen molar-refractivity contribution in [1.29, 1.82) is 0 Å². The number of pyridine rings is 1. The molecule has 2 aromatic heterocycles. The van der Waals surface area contributed by atoms with E-state index in [2.05, 4.69) is 15.3 Å². The van der Waals surface area contributed by atoms with E-state index in [9.17, 15) is 22.8 Å². The minimum absolute atomic E-state index is 0.0161. The molecule has 2 amide bonds. The Bertz CT molecular complexity index is 1610. The van der Waals surface area contributed by atoms with Crippen LogP contribution < -0.4 is 15.8 Å². The van der Waals surface area contributed by atoms with Gasteiger partial charge in [-0.1, -0.05) is 30.3 Å². The Kier molecular flexibility index (Phi) is 7.91. The highest BCUT2D eigenvalue weighted by Gasteiger charge is 2.39. The van der Waals surface area contributed by atoms with Crippen LogP contribution in [0.4, 0.5) is 13.2 Å². The molecule has 9 nitrogen and oxygen atoms in total. The number of piperidine rings is 1. The van der Waals surface area contributed by atoms with Gasteiger partial charge in [0.05, 0.1) is 13.7 Å². The van der Waals surface area contributed by atoms with Crippen molar-refractivity contribution in [2.24, 2.45) is 5.73 Å². The van der Waals surface area contributed by atoms with Crippen LogP contribution in [0.15, 0.2) is 59.0 Å². The van der Waals surface area contributed by atoms with Gasteiger partial charge in [-0.3, -0.25) is 9.59 Å². The van der Waals surface area contributed by atoms with Crippen LogP contribution in [0, 0.1) is 0 Å². The molecule has 0 radical (unpaired) electrons. The highest BCUT2D eigenvalue weighted by Crippen LogP contribution is 2.38. The summed E-state index contributed by atoms with van der Waals surface area (Å²) in [6.45, 7) is 2.64. The van der Waals surface area contributed by atoms with Gasteiger partial charge in [0.25, 0.3) is 5.91 Å². The zero-order valence-electron chi connectivity index (χ0n) is 23.1. The SMILES string of the molecule is COc1ccc(-c2nc(C(=O)N3CCC(CNC(C)=O)(c4ccccc4)CC3)c(CN)o2)c2ccc(C(F)(F)F)nc12. The quantitative estimate of drug-likeness (QED) is 0.325. The van der Waals surface area contributed by atoms with Gasteiger partial charge in [-0.05, 0) is 42.7 Å². The molecule has 0 spiro atoms. The number of methoxy groups -OCH3 is 1. The van der Waals surface area contributed by atoms with E-state index in [0.717, 1.165) is 11.6 Å². The molecule has 0 saturated carbocycles. The number of alkyl halides is 3. The standard InChI is InChI=1S/C30H30F3N5O4/c1-18(39)35-17-29(19-6-4-3-5-7-19)12-14-38(15-13-29)28(40)26-23(16-34)42-27(37-26)21-8-10-22(41-2)25-20(21)9-11-24(36-25)30(31,32)33/h3-11H,12-17,34H2,1-2H3,(H,35,39). The number of hydrogen-bond acceptors (Lipinski definition) is 7. The molecule has 0 unspecified atom stereocenters. The van der Waals surface area contributed by atoms with E-state index in [1.165, 1.54) is 26.2 Å². The Balaban J connectivity index is 1.44. The number of amides is 2. The molecular formula is C30H30F3N5O4. The molecule has 42 heavy (non-hydrogen) atoms. The van der Waals surface area contributed by atoms with Crippen LogP contribution in [-0.2, 0) is 22.9 Å². The minimum Gasteiger partial charge on any atom is -0.494 e. The van der Waals surface area contributed by atoms with Gasteiger partial charge in [-0.25, -0.2) is 9.97 Å². The third kappa shape index (κ3) is 5.54. The molecule has 0 aliphatic carbocycles. The molecule has 1 aliphatic heterocycles. The van der Waals surface area contributed by atoms with Crippen molar-refractivity contribution in [2.45, 2.75) is 37.9 Å². The molecule has 1 saturated heterocycles. The number of benzene rings is 2. The lowest BCUT2D eigenvalue weighted by Gasteiger charge is -2.42. The fourth-order valence-corrected chi connectivity index (χ4v) is 5.41. The number of nitrogens with one attached hydrogen (secondary N) is 1. The molecule has 0 bridgehead atoms.